The average molecular weight is 261 g/mol. The summed E-state index contributed by atoms with van der Waals surface area (Å²) in [6.07, 6.45) is 0.890. The van der Waals surface area contributed by atoms with Gasteiger partial charge in [0.25, 0.3) is 0 Å². The fourth-order valence-electron chi connectivity index (χ4n) is 2.02. The fraction of sp³-hybridized carbons (Fsp3) is 0.429. The van der Waals surface area contributed by atoms with Crippen molar-refractivity contribution in [3.05, 3.63) is 29.6 Å². The van der Waals surface area contributed by atoms with E-state index in [1.165, 1.54) is 12.7 Å². The molecule has 1 heterocycles. The van der Waals surface area contributed by atoms with Crippen LogP contribution in [0.25, 0.3) is 11.0 Å². The molecule has 0 saturated heterocycles. The van der Waals surface area contributed by atoms with Crippen LogP contribution in [-0.4, -0.2) is 48.1 Å². The Hall–Kier alpha value is -1.88. The van der Waals surface area contributed by atoms with Gasteiger partial charge in [-0.2, -0.15) is 0 Å². The third-order valence-corrected chi connectivity index (χ3v) is 3.07. The molecule has 0 amide bonds. The normalized spacial score (nSPS) is 11.2. The van der Waals surface area contributed by atoms with Crippen molar-refractivity contribution in [2.24, 2.45) is 0 Å². The van der Waals surface area contributed by atoms with Gasteiger partial charge in [0.1, 0.15) is 5.82 Å². The number of fused-ring (bicyclic) bond motifs is 1. The van der Waals surface area contributed by atoms with E-state index in [9.17, 15) is 4.79 Å². The summed E-state index contributed by atoms with van der Waals surface area (Å²) in [5, 5.41) is 0. The van der Waals surface area contributed by atoms with Crippen molar-refractivity contribution in [2.45, 2.75) is 13.3 Å². The molecule has 0 aliphatic carbocycles. The van der Waals surface area contributed by atoms with Crippen molar-refractivity contribution in [2.75, 3.05) is 27.2 Å². The van der Waals surface area contributed by atoms with Crippen LogP contribution < -0.4 is 0 Å². The van der Waals surface area contributed by atoms with Gasteiger partial charge in [-0.3, -0.25) is 9.69 Å². The number of aromatic amines is 1. The molecule has 0 aliphatic rings. The molecule has 0 bridgehead atoms. The third kappa shape index (κ3) is 3.54. The Bertz CT molecular complexity index is 577. The van der Waals surface area contributed by atoms with Gasteiger partial charge in [0.2, 0.25) is 0 Å². The van der Waals surface area contributed by atoms with E-state index in [0.29, 0.717) is 6.54 Å². The molecule has 1 aromatic carbocycles. The lowest BCUT2D eigenvalue weighted by molar-refractivity contribution is -0.141. The van der Waals surface area contributed by atoms with Gasteiger partial charge in [0.15, 0.2) is 0 Å². The summed E-state index contributed by atoms with van der Waals surface area (Å²) in [5.74, 6) is 0.720. The van der Waals surface area contributed by atoms with Crippen LogP contribution in [0, 0.1) is 6.92 Å². The maximum Gasteiger partial charge on any atom is 0.319 e. The third-order valence-electron chi connectivity index (χ3n) is 3.07. The van der Waals surface area contributed by atoms with Crippen LogP contribution in [0.3, 0.4) is 0 Å². The molecule has 0 atom stereocenters. The van der Waals surface area contributed by atoms with E-state index in [0.717, 1.165) is 29.8 Å². The molecule has 0 radical (unpaired) electrons. The second-order valence-electron chi connectivity index (χ2n) is 4.74. The number of carbonyl (C=O) groups is 1. The lowest BCUT2D eigenvalue weighted by Crippen LogP contribution is -2.28. The molecule has 1 N–H and O–H groups in total. The Morgan fingerprint density at radius 1 is 1.47 bits per heavy atom. The highest BCUT2D eigenvalue weighted by Gasteiger charge is 2.07. The maximum absolute atomic E-state index is 11.1. The standard InChI is InChI=1S/C14H19N3O2/c1-10-15-12-5-4-11(8-13(12)16-10)6-7-17(2)9-14(18)19-3/h4-5,8H,6-7,9H2,1-3H3,(H,15,16). The number of H-pyrrole nitrogens is 1. The number of likely N-dealkylation sites (N-methyl/N-ethyl adjacent to an activating group) is 1. The second kappa shape index (κ2) is 5.84. The van der Waals surface area contributed by atoms with E-state index in [-0.39, 0.29) is 5.97 Å². The molecule has 5 nitrogen and oxygen atoms in total. The number of methoxy groups -OCH3 is 1. The minimum atomic E-state index is -0.206. The highest BCUT2D eigenvalue weighted by molar-refractivity contribution is 5.75. The summed E-state index contributed by atoms with van der Waals surface area (Å²) in [7, 11) is 3.32. The van der Waals surface area contributed by atoms with Crippen LogP contribution in [0.1, 0.15) is 11.4 Å². The number of ether oxygens (including phenoxy) is 1. The molecule has 0 spiro atoms. The van der Waals surface area contributed by atoms with Gasteiger partial charge in [0, 0.05) is 6.54 Å². The van der Waals surface area contributed by atoms with Crippen LogP contribution in [0.15, 0.2) is 18.2 Å². The molecule has 2 aromatic rings. The Morgan fingerprint density at radius 2 is 2.26 bits per heavy atom. The molecular formula is C14H19N3O2. The first kappa shape index (κ1) is 13.5. The Balaban J connectivity index is 1.95. The number of nitrogens with zero attached hydrogens (tertiary/aromatic N) is 2. The topological polar surface area (TPSA) is 58.2 Å². The zero-order valence-electron chi connectivity index (χ0n) is 11.6. The number of aromatic nitrogens is 2. The predicted molar refractivity (Wildman–Crippen MR) is 74.0 cm³/mol. The van der Waals surface area contributed by atoms with E-state index in [1.54, 1.807) is 0 Å². The Kier molecular flexibility index (Phi) is 4.16. The first-order chi connectivity index (χ1) is 9.08. The molecule has 0 aliphatic heterocycles. The van der Waals surface area contributed by atoms with Crippen LogP contribution in [-0.2, 0) is 16.0 Å². The fourth-order valence-corrected chi connectivity index (χ4v) is 2.02. The quantitative estimate of drug-likeness (QED) is 0.829. The van der Waals surface area contributed by atoms with E-state index in [1.807, 2.05) is 24.9 Å². The summed E-state index contributed by atoms with van der Waals surface area (Å²) >= 11 is 0. The van der Waals surface area contributed by atoms with Crippen LogP contribution >= 0.6 is 0 Å². The van der Waals surface area contributed by atoms with Gasteiger partial charge >= 0.3 is 5.97 Å². The van der Waals surface area contributed by atoms with E-state index in [4.69, 9.17) is 0 Å². The van der Waals surface area contributed by atoms with Crippen molar-refractivity contribution >= 4 is 17.0 Å². The average Bonchev–Trinajstić information content (AvgIpc) is 2.75. The highest BCUT2D eigenvalue weighted by atomic mass is 16.5. The summed E-state index contributed by atoms with van der Waals surface area (Å²) in [6.45, 7) is 3.08. The Morgan fingerprint density at radius 3 is 3.00 bits per heavy atom. The van der Waals surface area contributed by atoms with Crippen molar-refractivity contribution in [3.8, 4) is 0 Å². The number of benzene rings is 1. The number of hydrogen-bond donors (Lipinski definition) is 1. The summed E-state index contributed by atoms with van der Waals surface area (Å²) in [4.78, 5) is 20.7. The number of aryl methyl sites for hydroxylation is 1. The number of hydrogen-bond acceptors (Lipinski definition) is 4. The lowest BCUT2D eigenvalue weighted by atomic mass is 10.1. The van der Waals surface area contributed by atoms with Crippen LogP contribution in [0.4, 0.5) is 0 Å². The van der Waals surface area contributed by atoms with Gasteiger partial charge in [-0.15, -0.1) is 0 Å². The smallest absolute Gasteiger partial charge is 0.319 e. The van der Waals surface area contributed by atoms with Gasteiger partial charge in [-0.05, 0) is 38.1 Å². The summed E-state index contributed by atoms with van der Waals surface area (Å²) in [6, 6.07) is 6.21. The van der Waals surface area contributed by atoms with Crippen molar-refractivity contribution in [1.29, 1.82) is 0 Å². The molecule has 102 valence electrons. The van der Waals surface area contributed by atoms with Gasteiger partial charge in [-0.25, -0.2) is 4.98 Å². The molecule has 0 unspecified atom stereocenters. The molecule has 2 rings (SSSR count). The van der Waals surface area contributed by atoms with Gasteiger partial charge in [0.05, 0.1) is 24.7 Å². The molecule has 0 fully saturated rings. The first-order valence-corrected chi connectivity index (χ1v) is 6.29. The maximum atomic E-state index is 11.1. The zero-order chi connectivity index (χ0) is 13.8. The Labute approximate surface area is 112 Å². The minimum absolute atomic E-state index is 0.206. The van der Waals surface area contributed by atoms with Crippen LogP contribution in [0.2, 0.25) is 0 Å². The van der Waals surface area contributed by atoms with Crippen molar-refractivity contribution < 1.29 is 9.53 Å². The number of imidazole rings is 1. The lowest BCUT2D eigenvalue weighted by Gasteiger charge is -2.14. The number of rotatable bonds is 5. The molecule has 19 heavy (non-hydrogen) atoms. The largest absolute Gasteiger partial charge is 0.468 e. The number of nitrogens with one attached hydrogen (secondary N) is 1. The molecule has 0 saturated carbocycles. The van der Waals surface area contributed by atoms with Crippen LogP contribution in [0.5, 0.6) is 0 Å². The van der Waals surface area contributed by atoms with Gasteiger partial charge in [-0.1, -0.05) is 6.07 Å². The van der Waals surface area contributed by atoms with E-state index >= 15 is 0 Å². The highest BCUT2D eigenvalue weighted by Crippen LogP contribution is 2.14. The SMILES string of the molecule is COC(=O)CN(C)CCc1ccc2nc(C)[nH]c2c1. The number of esters is 1. The number of carbonyl (C=O) groups excluding carboxylic acids is 1. The summed E-state index contributed by atoms with van der Waals surface area (Å²) in [5.41, 5.74) is 3.28. The van der Waals surface area contributed by atoms with Crippen molar-refractivity contribution in [3.63, 3.8) is 0 Å². The van der Waals surface area contributed by atoms with E-state index < -0.39 is 0 Å². The molecule has 5 heteroatoms. The van der Waals surface area contributed by atoms with Gasteiger partial charge < -0.3 is 9.72 Å². The zero-order valence-corrected chi connectivity index (χ0v) is 11.6. The second-order valence-corrected chi connectivity index (χ2v) is 4.74. The first-order valence-electron chi connectivity index (χ1n) is 6.29. The molecule has 1 aromatic heterocycles. The van der Waals surface area contributed by atoms with E-state index in [2.05, 4.69) is 26.8 Å². The monoisotopic (exact) mass is 261 g/mol. The summed E-state index contributed by atoms with van der Waals surface area (Å²) < 4.78 is 4.64. The predicted octanol–water partition coefficient (Wildman–Crippen LogP) is 1.52. The molecular weight excluding hydrogens is 242 g/mol. The minimum Gasteiger partial charge on any atom is -0.468 e. The van der Waals surface area contributed by atoms with Crippen molar-refractivity contribution in [1.82, 2.24) is 14.9 Å².